The van der Waals surface area contributed by atoms with Crippen LogP contribution in [0.25, 0.3) is 0 Å². The Kier molecular flexibility index (Phi) is 11.1. The van der Waals surface area contributed by atoms with Crippen molar-refractivity contribution in [1.29, 1.82) is 0 Å². The molecule has 32 heavy (non-hydrogen) atoms. The zero-order valence-corrected chi connectivity index (χ0v) is 22.6. The Morgan fingerprint density at radius 1 is 1.12 bits per heavy atom. The van der Waals surface area contributed by atoms with Crippen LogP contribution < -0.4 is 20.4 Å². The molecule has 0 fully saturated rings. The normalized spacial score (nSPS) is 16.8. The molecular weight excluding hydrogens is 549 g/mol. The monoisotopic (exact) mass is 571 g/mol. The van der Waals surface area contributed by atoms with Crippen LogP contribution in [-0.4, -0.2) is 52.9 Å². The van der Waals surface area contributed by atoms with Gasteiger partial charge in [0.2, 0.25) is 5.91 Å². The van der Waals surface area contributed by atoms with E-state index >= 15 is 0 Å². The summed E-state index contributed by atoms with van der Waals surface area (Å²) in [5.41, 5.74) is 4.23. The molecule has 1 aliphatic rings. The van der Waals surface area contributed by atoms with E-state index in [0.29, 0.717) is 23.0 Å². The molecule has 2 amide bonds. The molecule has 0 spiro atoms. The number of nitrogens with zero attached hydrogens (tertiary/aromatic N) is 1. The van der Waals surface area contributed by atoms with Crippen LogP contribution in [0.3, 0.4) is 0 Å². The van der Waals surface area contributed by atoms with E-state index < -0.39 is 16.9 Å². The van der Waals surface area contributed by atoms with Gasteiger partial charge in [-0.25, -0.2) is 9.69 Å². The van der Waals surface area contributed by atoms with Crippen molar-refractivity contribution in [3.8, 4) is 0 Å². The maximum absolute atomic E-state index is 13.1. The van der Waals surface area contributed by atoms with Crippen molar-refractivity contribution in [2.75, 3.05) is 35.9 Å². The van der Waals surface area contributed by atoms with E-state index in [-0.39, 0.29) is 56.2 Å². The summed E-state index contributed by atoms with van der Waals surface area (Å²) in [5.74, 6) is -0.630. The van der Waals surface area contributed by atoms with Gasteiger partial charge in [-0.15, -0.1) is 11.8 Å². The van der Waals surface area contributed by atoms with Gasteiger partial charge in [0.15, 0.2) is 11.0 Å². The van der Waals surface area contributed by atoms with Crippen LogP contribution >= 0.6 is 23.4 Å². The number of nitrogens with one attached hydrogen (secondary N) is 3. The van der Waals surface area contributed by atoms with Crippen LogP contribution in [0.15, 0.2) is 47.4 Å². The van der Waals surface area contributed by atoms with Crippen molar-refractivity contribution in [3.05, 3.63) is 58.6 Å². The van der Waals surface area contributed by atoms with E-state index in [1.165, 1.54) is 5.48 Å². The quantitative estimate of drug-likeness (QED) is 0.219. The Balaban J connectivity index is 0.00000363. The molecule has 0 bridgehead atoms. The molecule has 0 saturated carbocycles. The number of hydrogen-bond acceptors (Lipinski definition) is 6. The molecule has 0 saturated heterocycles. The third-order valence-corrected chi connectivity index (χ3v) is 7.29. The van der Waals surface area contributed by atoms with E-state index in [4.69, 9.17) is 16.8 Å². The van der Waals surface area contributed by atoms with Gasteiger partial charge < -0.3 is 10.6 Å². The first kappa shape index (κ1) is 27.2. The number of para-hydroxylation sites is 1. The number of thioether (sulfide) groups is 1. The number of amides is 2. The molecule has 1 heterocycles. The minimum absolute atomic E-state index is 0. The largest absolute Gasteiger partial charge is 0.354 e. The summed E-state index contributed by atoms with van der Waals surface area (Å²) < 4.78 is 14.9. The number of hydroxylamine groups is 1. The minimum atomic E-state index is -1.41. The zero-order chi connectivity index (χ0) is 22.4. The number of rotatable bonds is 8. The van der Waals surface area contributed by atoms with Gasteiger partial charge in [-0.2, -0.15) is 0 Å². The van der Waals surface area contributed by atoms with E-state index in [1.807, 2.05) is 30.3 Å². The predicted octanol–water partition coefficient (Wildman–Crippen LogP) is 1.84. The molecule has 8 nitrogen and oxygen atoms in total. The molecular formula is C20H23ClN4O4S2Y. The molecule has 1 radical (unpaired) electrons. The van der Waals surface area contributed by atoms with Crippen molar-refractivity contribution in [1.82, 2.24) is 16.1 Å². The molecule has 2 unspecified atom stereocenters. The fraction of sp³-hybridized carbons (Fsp3) is 0.300. The molecule has 0 aliphatic carbocycles. The van der Waals surface area contributed by atoms with Crippen molar-refractivity contribution < 1.29 is 51.7 Å². The van der Waals surface area contributed by atoms with Gasteiger partial charge in [0.25, 0.3) is 5.91 Å². The van der Waals surface area contributed by atoms with E-state index in [1.54, 1.807) is 23.5 Å². The van der Waals surface area contributed by atoms with Gasteiger partial charge in [0, 0.05) is 57.9 Å². The van der Waals surface area contributed by atoms with Gasteiger partial charge >= 0.3 is 0 Å². The van der Waals surface area contributed by atoms with Gasteiger partial charge in [-0.05, 0) is 29.3 Å². The molecule has 169 valence electrons. The summed E-state index contributed by atoms with van der Waals surface area (Å²) in [6.07, 6.45) is 0. The summed E-state index contributed by atoms with van der Waals surface area (Å²) >= 11 is 7.28. The summed E-state index contributed by atoms with van der Waals surface area (Å²) in [6.45, 7) is 0.858. The molecule has 0 aromatic heterocycles. The van der Waals surface area contributed by atoms with Crippen molar-refractivity contribution in [2.24, 2.45) is 0 Å². The number of fused-ring (bicyclic) bond motifs is 2. The number of anilines is 1. The zero-order valence-electron chi connectivity index (χ0n) is 17.3. The fourth-order valence-electron chi connectivity index (χ4n) is 3.28. The topological polar surface area (TPSA) is 111 Å². The Morgan fingerprint density at radius 2 is 1.84 bits per heavy atom. The first-order valence-corrected chi connectivity index (χ1v) is 12.1. The molecule has 2 atom stereocenters. The smallest absolute Gasteiger partial charge is 0.253 e. The molecule has 2 aromatic carbocycles. The maximum atomic E-state index is 13.1. The second kappa shape index (κ2) is 13.0. The minimum Gasteiger partial charge on any atom is -0.354 e. The second-order valence-corrected chi connectivity index (χ2v) is 9.66. The first-order valence-electron chi connectivity index (χ1n) is 9.47. The third-order valence-electron chi connectivity index (χ3n) is 4.70. The standard InChI is InChI=1S/C20H23ClN4O4S2.Y/c1-25-16-5-3-2-4-14(16)20(15-7-6-13(21)10-17(15)31(25)29)23-9-8-22-18(26)11-30-12-19(27)24-28;/h2-7,10,20,23,28H,8-9,11-12H2,1H3,(H,22,26)(H,24,27);. The van der Waals surface area contributed by atoms with Gasteiger partial charge in [0.1, 0.15) is 0 Å². The van der Waals surface area contributed by atoms with Crippen LogP contribution in [0, 0.1) is 0 Å². The van der Waals surface area contributed by atoms with E-state index in [0.717, 1.165) is 28.6 Å². The fourth-order valence-corrected chi connectivity index (χ4v) is 5.41. The van der Waals surface area contributed by atoms with Gasteiger partial charge in [-0.3, -0.25) is 19.1 Å². The Hall–Kier alpha value is -1.01. The van der Waals surface area contributed by atoms with Crippen LogP contribution in [0.2, 0.25) is 5.02 Å². The van der Waals surface area contributed by atoms with Crippen LogP contribution in [-0.2, 0) is 53.3 Å². The van der Waals surface area contributed by atoms with Crippen LogP contribution in [0.5, 0.6) is 0 Å². The molecule has 3 rings (SSSR count). The Bertz CT molecular complexity index is 998. The summed E-state index contributed by atoms with van der Waals surface area (Å²) in [4.78, 5) is 23.5. The van der Waals surface area contributed by atoms with Crippen molar-refractivity contribution in [2.45, 2.75) is 10.9 Å². The molecule has 12 heteroatoms. The number of benzene rings is 2. The van der Waals surface area contributed by atoms with Gasteiger partial charge in [0.05, 0.1) is 28.1 Å². The number of halogens is 1. The predicted molar refractivity (Wildman–Crippen MR) is 123 cm³/mol. The summed E-state index contributed by atoms with van der Waals surface area (Å²) in [6, 6.07) is 12.9. The maximum Gasteiger partial charge on any atom is 0.253 e. The van der Waals surface area contributed by atoms with E-state index in [9.17, 15) is 13.8 Å². The van der Waals surface area contributed by atoms with Crippen LogP contribution in [0.4, 0.5) is 5.69 Å². The Labute approximate surface area is 223 Å². The summed E-state index contributed by atoms with van der Waals surface area (Å²) in [7, 11) is 0.382. The first-order chi connectivity index (χ1) is 14.9. The third kappa shape index (κ3) is 6.76. The molecule has 2 aromatic rings. The second-order valence-electron chi connectivity index (χ2n) is 6.75. The van der Waals surface area contributed by atoms with Crippen molar-refractivity contribution >= 4 is 51.9 Å². The average Bonchev–Trinajstić information content (AvgIpc) is 2.85. The van der Waals surface area contributed by atoms with Crippen LogP contribution in [0.1, 0.15) is 17.2 Å². The van der Waals surface area contributed by atoms with Crippen molar-refractivity contribution in [3.63, 3.8) is 0 Å². The number of hydrogen-bond donors (Lipinski definition) is 4. The number of carbonyl (C=O) groups excluding carboxylic acids is 2. The SMILES string of the molecule is CN1c2ccccc2C(NCCNC(=O)CSCC(=O)NO)c2ccc(Cl)cc2S1=O.[Y]. The average molecular weight is 572 g/mol. The number of carbonyl (C=O) groups is 2. The molecule has 4 N–H and O–H groups in total. The Morgan fingerprint density at radius 3 is 2.59 bits per heavy atom. The molecule has 1 aliphatic heterocycles. The summed E-state index contributed by atoms with van der Waals surface area (Å²) in [5, 5.41) is 15.2. The van der Waals surface area contributed by atoms with E-state index in [2.05, 4.69) is 10.6 Å². The van der Waals surface area contributed by atoms with Gasteiger partial charge in [-0.1, -0.05) is 35.9 Å².